The summed E-state index contributed by atoms with van der Waals surface area (Å²) in [5.74, 6) is 1.13. The smallest absolute Gasteiger partial charge is 0.229 e. The summed E-state index contributed by atoms with van der Waals surface area (Å²) in [6.07, 6.45) is 0.309. The number of ether oxygens (including phenoxy) is 1. The average molecular weight is 318 g/mol. The monoisotopic (exact) mass is 318 g/mol. The van der Waals surface area contributed by atoms with E-state index in [2.05, 4.69) is 24.1 Å². The van der Waals surface area contributed by atoms with Crippen LogP contribution in [0.25, 0.3) is 0 Å². The Morgan fingerprint density at radius 3 is 2.82 bits per heavy atom. The molecule has 0 radical (unpaired) electrons. The summed E-state index contributed by atoms with van der Waals surface area (Å²) in [5.41, 5.74) is 3.31. The number of aromatic nitrogens is 1. The number of aryl methyl sites for hydroxylation is 1. The number of rotatable bonds is 6. The molecular weight excluding hydrogens is 296 g/mol. The van der Waals surface area contributed by atoms with Gasteiger partial charge < -0.3 is 10.1 Å². The van der Waals surface area contributed by atoms with Crippen molar-refractivity contribution in [2.45, 2.75) is 40.0 Å². The SMILES string of the molecule is Cc1cccc(OCCC(=O)Nc2nc(C(C)C)cs2)c1C. The molecule has 0 fully saturated rings. The van der Waals surface area contributed by atoms with Crippen molar-refractivity contribution in [2.75, 3.05) is 11.9 Å². The summed E-state index contributed by atoms with van der Waals surface area (Å²) in [7, 11) is 0. The molecule has 1 heterocycles. The third-order valence-electron chi connectivity index (χ3n) is 3.50. The number of anilines is 1. The van der Waals surface area contributed by atoms with Gasteiger partial charge in [0.2, 0.25) is 5.91 Å². The minimum absolute atomic E-state index is 0.0741. The summed E-state index contributed by atoms with van der Waals surface area (Å²) in [5, 5.41) is 5.45. The predicted octanol–water partition coefficient (Wildman–Crippen LogP) is 4.29. The highest BCUT2D eigenvalue weighted by Gasteiger charge is 2.09. The first-order chi connectivity index (χ1) is 10.5. The van der Waals surface area contributed by atoms with Gasteiger partial charge in [-0.2, -0.15) is 0 Å². The molecule has 0 saturated heterocycles. The molecule has 0 aliphatic carbocycles. The van der Waals surface area contributed by atoms with E-state index in [0.717, 1.165) is 17.0 Å². The van der Waals surface area contributed by atoms with Gasteiger partial charge in [-0.3, -0.25) is 4.79 Å². The van der Waals surface area contributed by atoms with E-state index in [1.165, 1.54) is 16.9 Å². The second-order valence-corrected chi connectivity index (χ2v) is 6.44. The van der Waals surface area contributed by atoms with Crippen molar-refractivity contribution >= 4 is 22.4 Å². The van der Waals surface area contributed by atoms with Crippen LogP contribution in [0.4, 0.5) is 5.13 Å². The quantitative estimate of drug-likeness (QED) is 0.864. The van der Waals surface area contributed by atoms with Crippen LogP contribution in [0.15, 0.2) is 23.6 Å². The second-order valence-electron chi connectivity index (χ2n) is 5.58. The van der Waals surface area contributed by atoms with E-state index in [4.69, 9.17) is 4.74 Å². The van der Waals surface area contributed by atoms with Crippen molar-refractivity contribution in [3.05, 3.63) is 40.4 Å². The topological polar surface area (TPSA) is 51.2 Å². The standard InChI is InChI=1S/C17H22N2O2S/c1-11(2)14-10-22-17(18-14)19-16(20)8-9-21-15-7-5-6-12(3)13(15)4/h5-7,10-11H,8-9H2,1-4H3,(H,18,19,20). The fourth-order valence-electron chi connectivity index (χ4n) is 1.92. The lowest BCUT2D eigenvalue weighted by Gasteiger charge is -2.10. The molecule has 0 aliphatic rings. The molecule has 1 N–H and O–H groups in total. The van der Waals surface area contributed by atoms with Crippen LogP contribution in [-0.4, -0.2) is 17.5 Å². The lowest BCUT2D eigenvalue weighted by atomic mass is 10.1. The van der Waals surface area contributed by atoms with E-state index >= 15 is 0 Å². The molecule has 0 aliphatic heterocycles. The Morgan fingerprint density at radius 2 is 2.14 bits per heavy atom. The maximum absolute atomic E-state index is 11.9. The lowest BCUT2D eigenvalue weighted by molar-refractivity contribution is -0.116. The van der Waals surface area contributed by atoms with Gasteiger partial charge in [0.05, 0.1) is 18.7 Å². The Kier molecular flexibility index (Phi) is 5.55. The van der Waals surface area contributed by atoms with Crippen molar-refractivity contribution in [1.82, 2.24) is 4.98 Å². The van der Waals surface area contributed by atoms with E-state index < -0.39 is 0 Å². The Labute approximate surface area is 135 Å². The van der Waals surface area contributed by atoms with Crippen molar-refractivity contribution in [2.24, 2.45) is 0 Å². The van der Waals surface area contributed by atoms with E-state index in [1.807, 2.05) is 37.4 Å². The molecule has 118 valence electrons. The summed E-state index contributed by atoms with van der Waals surface area (Å²) in [6, 6.07) is 5.93. The van der Waals surface area contributed by atoms with Crippen LogP contribution >= 0.6 is 11.3 Å². The molecule has 22 heavy (non-hydrogen) atoms. The normalized spacial score (nSPS) is 10.8. The van der Waals surface area contributed by atoms with Gasteiger partial charge in [0.25, 0.3) is 0 Å². The van der Waals surface area contributed by atoms with Crippen LogP contribution in [0, 0.1) is 13.8 Å². The van der Waals surface area contributed by atoms with Gasteiger partial charge in [0.1, 0.15) is 5.75 Å². The summed E-state index contributed by atoms with van der Waals surface area (Å²) < 4.78 is 5.69. The van der Waals surface area contributed by atoms with E-state index in [-0.39, 0.29) is 5.91 Å². The number of carbonyl (C=O) groups excluding carboxylic acids is 1. The minimum atomic E-state index is -0.0741. The zero-order valence-electron chi connectivity index (χ0n) is 13.5. The number of hydrogen-bond donors (Lipinski definition) is 1. The zero-order chi connectivity index (χ0) is 16.1. The summed E-state index contributed by atoms with van der Waals surface area (Å²) in [4.78, 5) is 16.3. The van der Waals surface area contributed by atoms with Crippen molar-refractivity contribution in [1.29, 1.82) is 0 Å². The Hall–Kier alpha value is -1.88. The molecular formula is C17H22N2O2S. The average Bonchev–Trinajstić information content (AvgIpc) is 2.92. The maximum atomic E-state index is 11.9. The van der Waals surface area contributed by atoms with Gasteiger partial charge >= 0.3 is 0 Å². The van der Waals surface area contributed by atoms with Gasteiger partial charge in [0, 0.05) is 5.38 Å². The highest BCUT2D eigenvalue weighted by molar-refractivity contribution is 7.13. The number of carbonyl (C=O) groups is 1. The highest BCUT2D eigenvalue weighted by atomic mass is 32.1. The molecule has 5 heteroatoms. The third kappa shape index (κ3) is 4.31. The van der Waals surface area contributed by atoms with Crippen molar-refractivity contribution < 1.29 is 9.53 Å². The van der Waals surface area contributed by atoms with E-state index in [0.29, 0.717) is 24.1 Å². The van der Waals surface area contributed by atoms with Gasteiger partial charge in [-0.25, -0.2) is 4.98 Å². The molecule has 4 nitrogen and oxygen atoms in total. The predicted molar refractivity (Wildman–Crippen MR) is 90.9 cm³/mol. The third-order valence-corrected chi connectivity index (χ3v) is 4.28. The van der Waals surface area contributed by atoms with E-state index in [1.54, 1.807) is 0 Å². The highest BCUT2D eigenvalue weighted by Crippen LogP contribution is 2.22. The molecule has 0 spiro atoms. The van der Waals surface area contributed by atoms with Crippen molar-refractivity contribution in [3.63, 3.8) is 0 Å². The largest absolute Gasteiger partial charge is 0.493 e. The minimum Gasteiger partial charge on any atom is -0.493 e. The summed E-state index contributed by atoms with van der Waals surface area (Å²) in [6.45, 7) is 8.59. The number of hydrogen-bond acceptors (Lipinski definition) is 4. The Morgan fingerprint density at radius 1 is 1.36 bits per heavy atom. The fourth-order valence-corrected chi connectivity index (χ4v) is 2.81. The van der Waals surface area contributed by atoms with Gasteiger partial charge in [0.15, 0.2) is 5.13 Å². The molecule has 2 aromatic rings. The molecule has 0 atom stereocenters. The first-order valence-corrected chi connectivity index (χ1v) is 8.29. The molecule has 1 amide bonds. The first kappa shape index (κ1) is 16.5. The Balaban J connectivity index is 1.81. The van der Waals surface area contributed by atoms with Gasteiger partial charge in [-0.05, 0) is 37.0 Å². The van der Waals surface area contributed by atoms with Gasteiger partial charge in [-0.1, -0.05) is 26.0 Å². The molecule has 2 rings (SSSR count). The number of thiazole rings is 1. The van der Waals surface area contributed by atoms with Crippen LogP contribution in [0.1, 0.15) is 43.0 Å². The Bertz CT molecular complexity index is 650. The molecule has 0 saturated carbocycles. The number of benzene rings is 1. The first-order valence-electron chi connectivity index (χ1n) is 7.41. The summed E-state index contributed by atoms with van der Waals surface area (Å²) >= 11 is 1.46. The van der Waals surface area contributed by atoms with Crippen LogP contribution in [0.2, 0.25) is 0 Å². The molecule has 0 bridgehead atoms. The van der Waals surface area contributed by atoms with Crippen LogP contribution in [-0.2, 0) is 4.79 Å². The van der Waals surface area contributed by atoms with Crippen LogP contribution in [0.5, 0.6) is 5.75 Å². The fraction of sp³-hybridized carbons (Fsp3) is 0.412. The van der Waals surface area contributed by atoms with Crippen molar-refractivity contribution in [3.8, 4) is 5.75 Å². The zero-order valence-corrected chi connectivity index (χ0v) is 14.3. The number of amides is 1. The number of nitrogens with one attached hydrogen (secondary N) is 1. The molecule has 1 aromatic heterocycles. The van der Waals surface area contributed by atoms with Gasteiger partial charge in [-0.15, -0.1) is 11.3 Å². The van der Waals surface area contributed by atoms with Crippen LogP contribution in [0.3, 0.4) is 0 Å². The number of nitrogens with zero attached hydrogens (tertiary/aromatic N) is 1. The maximum Gasteiger partial charge on any atom is 0.229 e. The lowest BCUT2D eigenvalue weighted by Crippen LogP contribution is -2.15. The molecule has 0 unspecified atom stereocenters. The van der Waals surface area contributed by atoms with Crippen LogP contribution < -0.4 is 10.1 Å². The van der Waals surface area contributed by atoms with E-state index in [9.17, 15) is 4.79 Å². The molecule has 1 aromatic carbocycles. The second kappa shape index (κ2) is 7.40.